The van der Waals surface area contributed by atoms with Crippen LogP contribution in [0, 0.1) is 0 Å². The van der Waals surface area contributed by atoms with Crippen LogP contribution in [-0.2, 0) is 0 Å². The molecule has 0 saturated carbocycles. The summed E-state index contributed by atoms with van der Waals surface area (Å²) in [5.74, 6) is 0.754. The van der Waals surface area contributed by atoms with Crippen LogP contribution >= 0.6 is 0 Å². The van der Waals surface area contributed by atoms with Gasteiger partial charge in [0.05, 0.1) is 0 Å². The van der Waals surface area contributed by atoms with E-state index in [0.717, 1.165) is 11.5 Å². The van der Waals surface area contributed by atoms with Crippen molar-refractivity contribution in [3.05, 3.63) is 48.8 Å². The summed E-state index contributed by atoms with van der Waals surface area (Å²) in [7, 11) is 1.85. The first kappa shape index (κ1) is 11.2. The first-order valence-electron chi connectivity index (χ1n) is 4.58. The highest BCUT2D eigenvalue weighted by atomic mass is 16.1. The summed E-state index contributed by atoms with van der Waals surface area (Å²) in [5, 5.41) is 0. The Morgan fingerprint density at radius 1 is 1.53 bits per heavy atom. The van der Waals surface area contributed by atoms with Crippen LogP contribution in [0.15, 0.2) is 43.3 Å². The van der Waals surface area contributed by atoms with Crippen LogP contribution in [0.2, 0.25) is 0 Å². The zero-order chi connectivity index (χ0) is 11.4. The minimum atomic E-state index is 0.0132. The molecule has 0 aliphatic carbocycles. The van der Waals surface area contributed by atoms with Crippen LogP contribution in [0.4, 0.5) is 5.82 Å². The summed E-state index contributed by atoms with van der Waals surface area (Å²) in [6, 6.07) is 3.53. The van der Waals surface area contributed by atoms with Gasteiger partial charge in [-0.15, -0.1) is 0 Å². The van der Waals surface area contributed by atoms with E-state index < -0.39 is 0 Å². The lowest BCUT2D eigenvalue weighted by Gasteiger charge is -2.17. The number of hydrogen-bond acceptors (Lipinski definition) is 3. The third-order valence-electron chi connectivity index (χ3n) is 2.16. The van der Waals surface area contributed by atoms with Gasteiger partial charge in [0.25, 0.3) is 0 Å². The first-order valence-corrected chi connectivity index (χ1v) is 4.58. The van der Waals surface area contributed by atoms with Gasteiger partial charge in [0.15, 0.2) is 5.78 Å². The Hall–Kier alpha value is -1.90. The van der Waals surface area contributed by atoms with Crippen molar-refractivity contribution in [2.75, 3.05) is 11.9 Å². The topological polar surface area (TPSA) is 33.2 Å². The maximum atomic E-state index is 11.0. The zero-order valence-corrected chi connectivity index (χ0v) is 9.03. The molecule has 0 saturated heterocycles. The number of nitrogens with zero attached hydrogens (tertiary/aromatic N) is 2. The number of allylic oxidation sites excluding steroid dienone is 1. The van der Waals surface area contributed by atoms with Crippen molar-refractivity contribution in [3.63, 3.8) is 0 Å². The molecule has 0 fully saturated rings. The number of anilines is 1. The summed E-state index contributed by atoms with van der Waals surface area (Å²) in [6.07, 6.45) is 3.21. The van der Waals surface area contributed by atoms with Crippen molar-refractivity contribution in [1.82, 2.24) is 4.98 Å². The summed E-state index contributed by atoms with van der Waals surface area (Å²) in [4.78, 5) is 17.0. The van der Waals surface area contributed by atoms with Gasteiger partial charge in [-0.3, -0.25) is 4.79 Å². The SMILES string of the molecule is C=CC(=C)N(C)c1ccc(C(C)=O)cn1. The van der Waals surface area contributed by atoms with E-state index in [1.807, 2.05) is 7.05 Å². The van der Waals surface area contributed by atoms with Gasteiger partial charge in [-0.25, -0.2) is 4.98 Å². The average molecular weight is 202 g/mol. The first-order chi connectivity index (χ1) is 7.06. The Morgan fingerprint density at radius 2 is 2.20 bits per heavy atom. The predicted molar refractivity (Wildman–Crippen MR) is 62.0 cm³/mol. The maximum absolute atomic E-state index is 11.0. The minimum Gasteiger partial charge on any atom is -0.330 e. The molecule has 0 aliphatic heterocycles. The highest BCUT2D eigenvalue weighted by Gasteiger charge is 2.05. The number of likely N-dealkylation sites (N-methyl/N-ethyl adjacent to an activating group) is 1. The molecule has 0 unspecified atom stereocenters. The van der Waals surface area contributed by atoms with E-state index in [0.29, 0.717) is 5.56 Å². The monoisotopic (exact) mass is 202 g/mol. The zero-order valence-electron chi connectivity index (χ0n) is 9.03. The lowest BCUT2D eigenvalue weighted by molar-refractivity contribution is 0.101. The van der Waals surface area contributed by atoms with E-state index in [-0.39, 0.29) is 5.78 Å². The van der Waals surface area contributed by atoms with Crippen molar-refractivity contribution in [3.8, 4) is 0 Å². The second-order valence-electron chi connectivity index (χ2n) is 3.22. The predicted octanol–water partition coefficient (Wildman–Crippen LogP) is 2.42. The molecule has 3 nitrogen and oxygen atoms in total. The third kappa shape index (κ3) is 2.53. The molecule has 0 aromatic carbocycles. The van der Waals surface area contributed by atoms with E-state index in [2.05, 4.69) is 18.1 Å². The van der Waals surface area contributed by atoms with Gasteiger partial charge in [0, 0.05) is 24.5 Å². The van der Waals surface area contributed by atoms with Crippen LogP contribution in [0.25, 0.3) is 0 Å². The van der Waals surface area contributed by atoms with Crippen molar-refractivity contribution in [2.24, 2.45) is 0 Å². The molecule has 0 amide bonds. The number of pyridine rings is 1. The smallest absolute Gasteiger partial charge is 0.161 e. The van der Waals surface area contributed by atoms with E-state index in [1.54, 1.807) is 29.3 Å². The number of carbonyl (C=O) groups excluding carboxylic acids is 1. The molecular weight excluding hydrogens is 188 g/mol. The van der Waals surface area contributed by atoms with Gasteiger partial charge in [-0.1, -0.05) is 13.2 Å². The van der Waals surface area contributed by atoms with Gasteiger partial charge in [-0.05, 0) is 25.1 Å². The van der Waals surface area contributed by atoms with E-state index in [4.69, 9.17) is 0 Å². The molecular formula is C12H14N2O. The van der Waals surface area contributed by atoms with Gasteiger partial charge >= 0.3 is 0 Å². The van der Waals surface area contributed by atoms with Crippen LogP contribution in [0.1, 0.15) is 17.3 Å². The lowest BCUT2D eigenvalue weighted by atomic mass is 10.2. The number of aromatic nitrogens is 1. The molecule has 78 valence electrons. The summed E-state index contributed by atoms with van der Waals surface area (Å²) in [6.45, 7) is 8.95. The van der Waals surface area contributed by atoms with Gasteiger partial charge in [0.2, 0.25) is 0 Å². The van der Waals surface area contributed by atoms with Crippen molar-refractivity contribution >= 4 is 11.6 Å². The van der Waals surface area contributed by atoms with Crippen LogP contribution in [-0.4, -0.2) is 17.8 Å². The van der Waals surface area contributed by atoms with E-state index >= 15 is 0 Å². The van der Waals surface area contributed by atoms with Crippen molar-refractivity contribution in [1.29, 1.82) is 0 Å². The van der Waals surface area contributed by atoms with Crippen LogP contribution in [0.3, 0.4) is 0 Å². The Kier molecular flexibility index (Phi) is 3.39. The highest BCUT2D eigenvalue weighted by Crippen LogP contribution is 2.14. The van der Waals surface area contributed by atoms with Gasteiger partial charge in [-0.2, -0.15) is 0 Å². The second kappa shape index (κ2) is 4.55. The van der Waals surface area contributed by atoms with Crippen molar-refractivity contribution < 1.29 is 4.79 Å². The highest BCUT2D eigenvalue weighted by molar-refractivity contribution is 5.93. The van der Waals surface area contributed by atoms with Crippen LogP contribution in [0.5, 0.6) is 0 Å². The summed E-state index contributed by atoms with van der Waals surface area (Å²) in [5.41, 5.74) is 1.37. The number of rotatable bonds is 4. The third-order valence-corrected chi connectivity index (χ3v) is 2.16. The normalized spacial score (nSPS) is 9.47. The molecule has 1 heterocycles. The molecule has 1 aromatic rings. The molecule has 0 spiro atoms. The molecule has 0 aliphatic rings. The molecule has 3 heteroatoms. The number of Topliss-reactive ketones (excluding diaryl/α,β-unsaturated/α-hetero) is 1. The molecule has 1 rings (SSSR count). The fourth-order valence-corrected chi connectivity index (χ4v) is 1.08. The Bertz CT molecular complexity index is 393. The molecule has 0 N–H and O–H groups in total. The Balaban J connectivity index is 2.93. The average Bonchev–Trinajstić information content (AvgIpc) is 2.27. The summed E-state index contributed by atoms with van der Waals surface area (Å²) < 4.78 is 0. The standard InChI is InChI=1S/C12H14N2O/c1-5-9(2)14(4)12-7-6-11(8-13-12)10(3)15/h5-8H,1-2H2,3-4H3. The summed E-state index contributed by atoms with van der Waals surface area (Å²) >= 11 is 0. The minimum absolute atomic E-state index is 0.0132. The largest absolute Gasteiger partial charge is 0.330 e. The molecule has 1 aromatic heterocycles. The van der Waals surface area contributed by atoms with Gasteiger partial charge < -0.3 is 4.90 Å². The Labute approximate surface area is 89.7 Å². The molecule has 0 bridgehead atoms. The quantitative estimate of drug-likeness (QED) is 0.555. The lowest BCUT2D eigenvalue weighted by Crippen LogP contribution is -2.15. The molecule has 0 radical (unpaired) electrons. The Morgan fingerprint density at radius 3 is 2.60 bits per heavy atom. The molecule has 15 heavy (non-hydrogen) atoms. The van der Waals surface area contributed by atoms with E-state index in [1.165, 1.54) is 6.92 Å². The maximum Gasteiger partial charge on any atom is 0.161 e. The fourth-order valence-electron chi connectivity index (χ4n) is 1.08. The van der Waals surface area contributed by atoms with E-state index in [9.17, 15) is 4.79 Å². The second-order valence-corrected chi connectivity index (χ2v) is 3.22. The fraction of sp³-hybridized carbons (Fsp3) is 0.167. The molecule has 0 atom stereocenters. The number of carbonyl (C=O) groups is 1. The number of hydrogen-bond donors (Lipinski definition) is 0. The number of ketones is 1. The van der Waals surface area contributed by atoms with Gasteiger partial charge in [0.1, 0.15) is 5.82 Å². The van der Waals surface area contributed by atoms with Crippen LogP contribution < -0.4 is 4.90 Å². The van der Waals surface area contributed by atoms with Crippen molar-refractivity contribution in [2.45, 2.75) is 6.92 Å².